The number of hydrogen-bond donors (Lipinski definition) is 1. The number of benzene rings is 1. The summed E-state index contributed by atoms with van der Waals surface area (Å²) < 4.78 is 28.1. The van der Waals surface area contributed by atoms with Crippen LogP contribution in [-0.2, 0) is 6.42 Å². The van der Waals surface area contributed by atoms with Crippen LogP contribution in [0.15, 0.2) is 16.6 Å². The second-order valence-electron chi connectivity index (χ2n) is 5.67. The molecule has 0 fully saturated rings. The summed E-state index contributed by atoms with van der Waals surface area (Å²) in [5, 5.41) is 12.3. The Hall–Kier alpha value is -0.920. The molecule has 2 rings (SSSR count). The fourth-order valence-corrected chi connectivity index (χ4v) is 3.04. The Morgan fingerprint density at radius 1 is 1.19 bits per heavy atom. The molecule has 114 valence electrons. The Kier molecular flexibility index (Phi) is 5.06. The summed E-state index contributed by atoms with van der Waals surface area (Å²) in [5.74, 6) is -1.28. The average molecular weight is 376 g/mol. The first-order valence-corrected chi connectivity index (χ1v) is 8.09. The molecule has 0 unspecified atom stereocenters. The molecule has 0 saturated heterocycles. The largest absolute Gasteiger partial charge is 0.312 e. The molecule has 3 nitrogen and oxygen atoms in total. The average Bonchev–Trinajstić information content (AvgIpc) is 2.74. The normalized spacial score (nSPS) is 11.9. The molecule has 0 amide bonds. The Balaban J connectivity index is 2.13. The van der Waals surface area contributed by atoms with Crippen LogP contribution in [0.4, 0.5) is 8.78 Å². The van der Waals surface area contributed by atoms with Crippen molar-refractivity contribution in [3.05, 3.63) is 33.2 Å². The van der Waals surface area contributed by atoms with Crippen molar-refractivity contribution in [3.63, 3.8) is 0 Å². The standard InChI is InChI=1S/C14H16BrF2N3S/c1-14(2,3)18-5-4-11-19-20-13(21-11)12-9(16)6-8(15)7-10(12)17/h6-7,18H,4-5H2,1-3H3. The summed E-state index contributed by atoms with van der Waals surface area (Å²) >= 11 is 4.27. The molecule has 0 aliphatic rings. The molecule has 0 aliphatic heterocycles. The molecule has 0 aliphatic carbocycles. The van der Waals surface area contributed by atoms with Gasteiger partial charge in [0.1, 0.15) is 16.6 Å². The van der Waals surface area contributed by atoms with Gasteiger partial charge in [0.2, 0.25) is 0 Å². The maximum absolute atomic E-state index is 13.9. The van der Waals surface area contributed by atoms with Crippen molar-refractivity contribution < 1.29 is 8.78 Å². The molecule has 0 saturated carbocycles. The van der Waals surface area contributed by atoms with Gasteiger partial charge in [-0.15, -0.1) is 10.2 Å². The molecule has 1 heterocycles. The van der Waals surface area contributed by atoms with E-state index in [-0.39, 0.29) is 16.1 Å². The first kappa shape index (κ1) is 16.5. The van der Waals surface area contributed by atoms with E-state index in [0.29, 0.717) is 10.9 Å². The van der Waals surface area contributed by atoms with Gasteiger partial charge in [-0.25, -0.2) is 8.78 Å². The molecular weight excluding hydrogens is 360 g/mol. The van der Waals surface area contributed by atoms with Gasteiger partial charge in [0, 0.05) is 23.0 Å². The fourth-order valence-electron chi connectivity index (χ4n) is 1.75. The quantitative estimate of drug-likeness (QED) is 0.870. The first-order valence-electron chi connectivity index (χ1n) is 6.48. The SMILES string of the molecule is CC(C)(C)NCCc1nnc(-c2c(F)cc(Br)cc2F)s1. The first-order chi connectivity index (χ1) is 9.76. The fraction of sp³-hybridized carbons (Fsp3) is 0.429. The van der Waals surface area contributed by atoms with E-state index in [1.165, 1.54) is 23.5 Å². The minimum Gasteiger partial charge on any atom is -0.312 e. The van der Waals surface area contributed by atoms with Gasteiger partial charge in [0.05, 0.1) is 5.56 Å². The van der Waals surface area contributed by atoms with Gasteiger partial charge in [-0.2, -0.15) is 0 Å². The van der Waals surface area contributed by atoms with Crippen LogP contribution in [0.3, 0.4) is 0 Å². The predicted molar refractivity (Wildman–Crippen MR) is 84.4 cm³/mol. The lowest BCUT2D eigenvalue weighted by atomic mass is 10.1. The Morgan fingerprint density at radius 3 is 2.38 bits per heavy atom. The van der Waals surface area contributed by atoms with E-state index < -0.39 is 11.6 Å². The van der Waals surface area contributed by atoms with E-state index in [1.807, 2.05) is 0 Å². The molecule has 1 aromatic heterocycles. The third kappa shape index (κ3) is 4.52. The van der Waals surface area contributed by atoms with Gasteiger partial charge >= 0.3 is 0 Å². The summed E-state index contributed by atoms with van der Waals surface area (Å²) in [6, 6.07) is 2.45. The van der Waals surface area contributed by atoms with Crippen molar-refractivity contribution in [2.75, 3.05) is 6.54 Å². The molecule has 7 heteroatoms. The summed E-state index contributed by atoms with van der Waals surface area (Å²) in [5.41, 5.74) is -0.0945. The predicted octanol–water partition coefficient (Wildman–Crippen LogP) is 4.18. The van der Waals surface area contributed by atoms with Gasteiger partial charge in [0.25, 0.3) is 0 Å². The van der Waals surface area contributed by atoms with E-state index >= 15 is 0 Å². The number of aromatic nitrogens is 2. The second-order valence-corrected chi connectivity index (χ2v) is 7.65. The maximum Gasteiger partial charge on any atom is 0.153 e. The number of rotatable bonds is 4. The van der Waals surface area contributed by atoms with Crippen LogP contribution in [0.5, 0.6) is 0 Å². The van der Waals surface area contributed by atoms with Crippen molar-refractivity contribution in [2.45, 2.75) is 32.7 Å². The molecule has 0 bridgehead atoms. The number of hydrogen-bond acceptors (Lipinski definition) is 4. The van der Waals surface area contributed by atoms with Crippen molar-refractivity contribution >= 4 is 27.3 Å². The minimum atomic E-state index is -0.641. The smallest absolute Gasteiger partial charge is 0.153 e. The molecular formula is C14H16BrF2N3S. The Labute approximate surface area is 134 Å². The molecule has 0 spiro atoms. The molecule has 1 aromatic carbocycles. The van der Waals surface area contributed by atoms with E-state index in [0.717, 1.165) is 11.6 Å². The molecule has 0 atom stereocenters. The molecule has 21 heavy (non-hydrogen) atoms. The van der Waals surface area contributed by atoms with Crippen molar-refractivity contribution in [2.24, 2.45) is 0 Å². The lowest BCUT2D eigenvalue weighted by Gasteiger charge is -2.19. The van der Waals surface area contributed by atoms with Gasteiger partial charge in [-0.05, 0) is 32.9 Å². The second kappa shape index (κ2) is 6.46. The number of halogens is 3. The van der Waals surface area contributed by atoms with Crippen LogP contribution in [0.1, 0.15) is 25.8 Å². The van der Waals surface area contributed by atoms with Gasteiger partial charge in [0.15, 0.2) is 5.01 Å². The van der Waals surface area contributed by atoms with E-state index in [2.05, 4.69) is 52.2 Å². The van der Waals surface area contributed by atoms with Crippen LogP contribution in [-0.4, -0.2) is 22.3 Å². The van der Waals surface area contributed by atoms with Crippen LogP contribution < -0.4 is 5.32 Å². The highest BCUT2D eigenvalue weighted by atomic mass is 79.9. The van der Waals surface area contributed by atoms with Gasteiger partial charge in [-0.3, -0.25) is 0 Å². The lowest BCUT2D eigenvalue weighted by Crippen LogP contribution is -2.37. The minimum absolute atomic E-state index is 0.0252. The van der Waals surface area contributed by atoms with E-state index in [9.17, 15) is 8.78 Å². The van der Waals surface area contributed by atoms with Gasteiger partial charge in [-0.1, -0.05) is 27.3 Å². The number of nitrogens with one attached hydrogen (secondary N) is 1. The zero-order valence-electron chi connectivity index (χ0n) is 12.0. The highest BCUT2D eigenvalue weighted by Crippen LogP contribution is 2.31. The monoisotopic (exact) mass is 375 g/mol. The van der Waals surface area contributed by atoms with Crippen LogP contribution in [0.25, 0.3) is 10.6 Å². The highest BCUT2D eigenvalue weighted by molar-refractivity contribution is 9.10. The molecule has 1 N–H and O–H groups in total. The lowest BCUT2D eigenvalue weighted by molar-refractivity contribution is 0.429. The van der Waals surface area contributed by atoms with Crippen LogP contribution >= 0.6 is 27.3 Å². The van der Waals surface area contributed by atoms with Gasteiger partial charge < -0.3 is 5.32 Å². The van der Waals surface area contributed by atoms with E-state index in [4.69, 9.17) is 0 Å². The summed E-state index contributed by atoms with van der Waals surface area (Å²) in [6.07, 6.45) is 0.675. The Morgan fingerprint density at radius 2 is 1.81 bits per heavy atom. The van der Waals surface area contributed by atoms with E-state index in [1.54, 1.807) is 0 Å². The third-order valence-electron chi connectivity index (χ3n) is 2.68. The van der Waals surface area contributed by atoms with Crippen molar-refractivity contribution in [1.82, 2.24) is 15.5 Å². The number of nitrogens with zero attached hydrogens (tertiary/aromatic N) is 2. The molecule has 2 aromatic rings. The summed E-state index contributed by atoms with van der Waals surface area (Å²) in [7, 11) is 0. The maximum atomic E-state index is 13.9. The van der Waals surface area contributed by atoms with Crippen LogP contribution in [0, 0.1) is 11.6 Å². The zero-order valence-corrected chi connectivity index (χ0v) is 14.4. The van der Waals surface area contributed by atoms with Crippen molar-refractivity contribution in [3.8, 4) is 10.6 Å². The van der Waals surface area contributed by atoms with Crippen molar-refractivity contribution in [1.29, 1.82) is 0 Å². The molecule has 0 radical (unpaired) electrons. The Bertz CT molecular complexity index is 614. The zero-order chi connectivity index (χ0) is 15.6. The third-order valence-corrected chi connectivity index (χ3v) is 4.14. The highest BCUT2D eigenvalue weighted by Gasteiger charge is 2.17. The summed E-state index contributed by atoms with van der Waals surface area (Å²) in [6.45, 7) is 6.96. The topological polar surface area (TPSA) is 37.8 Å². The summed E-state index contributed by atoms with van der Waals surface area (Å²) in [4.78, 5) is 0. The van der Waals surface area contributed by atoms with Crippen LogP contribution in [0.2, 0.25) is 0 Å².